The monoisotopic (exact) mass is 544 g/mol. The van der Waals surface area contributed by atoms with Crippen LogP contribution in [0.1, 0.15) is 47.1 Å². The first-order chi connectivity index (χ1) is 17.6. The Bertz CT molecular complexity index is 1390. The molecule has 0 amide bonds. The number of benzene rings is 3. The lowest BCUT2D eigenvalue weighted by Gasteiger charge is -2.36. The number of para-hydroxylation sites is 2. The van der Waals surface area contributed by atoms with Gasteiger partial charge in [0, 0.05) is 12.1 Å². The van der Waals surface area contributed by atoms with Crippen molar-refractivity contribution in [2.75, 3.05) is 0 Å². The minimum atomic E-state index is -1.89. The van der Waals surface area contributed by atoms with Crippen LogP contribution in [0.15, 0.2) is 72.8 Å². The fourth-order valence-electron chi connectivity index (χ4n) is 3.87. The lowest BCUT2D eigenvalue weighted by Crippen LogP contribution is -2.43. The summed E-state index contributed by atoms with van der Waals surface area (Å²) < 4.78 is 15.3. The Morgan fingerprint density at radius 2 is 1.13 bits per heavy atom. The highest BCUT2D eigenvalue weighted by molar-refractivity contribution is 6.75. The van der Waals surface area contributed by atoms with Crippen LogP contribution in [0.5, 0.6) is 11.5 Å². The Kier molecular flexibility index (Phi) is 7.45. The van der Waals surface area contributed by atoms with Gasteiger partial charge in [-0.05, 0) is 90.4 Å². The van der Waals surface area contributed by atoms with Crippen LogP contribution in [-0.2, 0) is 6.54 Å². The maximum absolute atomic E-state index is 6.51. The second kappa shape index (κ2) is 10.0. The fourth-order valence-corrected chi connectivity index (χ4v) is 5.93. The Balaban J connectivity index is 1.62. The molecule has 4 aromatic rings. The van der Waals surface area contributed by atoms with Crippen molar-refractivity contribution in [3.05, 3.63) is 78.4 Å². The molecule has 0 atom stereocenters. The molecule has 6 heteroatoms. The lowest BCUT2D eigenvalue weighted by atomic mass is 10.2. The average molecular weight is 545 g/mol. The molecule has 0 spiro atoms. The summed E-state index contributed by atoms with van der Waals surface area (Å²) in [5.41, 5.74) is 4.43. The number of hydrogen-bond acceptors (Lipinski definition) is 3. The Morgan fingerprint density at radius 1 is 0.658 bits per heavy atom. The van der Waals surface area contributed by atoms with Crippen molar-refractivity contribution < 1.29 is 8.85 Å². The molecule has 0 aliphatic rings. The molecule has 1 aromatic heterocycles. The molecule has 0 N–H and O–H groups in total. The smallest absolute Gasteiger partial charge is 0.250 e. The van der Waals surface area contributed by atoms with E-state index in [2.05, 4.69) is 139 Å². The van der Waals surface area contributed by atoms with Gasteiger partial charge in [-0.25, -0.2) is 4.98 Å². The molecule has 38 heavy (non-hydrogen) atoms. The van der Waals surface area contributed by atoms with Gasteiger partial charge in [0.25, 0.3) is 0 Å². The van der Waals surface area contributed by atoms with Gasteiger partial charge in [-0.1, -0.05) is 65.8 Å². The number of aromatic nitrogens is 2. The van der Waals surface area contributed by atoms with Gasteiger partial charge in [0.1, 0.15) is 17.3 Å². The van der Waals surface area contributed by atoms with Crippen molar-refractivity contribution in [3.63, 3.8) is 0 Å². The van der Waals surface area contributed by atoms with Crippen molar-refractivity contribution >= 4 is 27.7 Å². The summed E-state index contributed by atoms with van der Waals surface area (Å²) in [5, 5.41) is 0.326. The molecule has 0 radical (unpaired) electrons. The zero-order chi connectivity index (χ0) is 27.9. The van der Waals surface area contributed by atoms with Gasteiger partial charge in [-0.3, -0.25) is 0 Å². The minimum absolute atomic E-state index is 0.158. The van der Waals surface area contributed by atoms with Crippen LogP contribution in [0, 0.1) is 0 Å². The molecule has 3 aromatic carbocycles. The molecule has 1 heterocycles. The summed E-state index contributed by atoms with van der Waals surface area (Å²) in [7, 11) is -3.76. The largest absolute Gasteiger partial charge is 0.544 e. The Labute approximate surface area is 231 Å². The molecular weight excluding hydrogens is 501 g/mol. The molecule has 0 fully saturated rings. The summed E-state index contributed by atoms with van der Waals surface area (Å²) in [5.74, 6) is 2.85. The van der Waals surface area contributed by atoms with Crippen molar-refractivity contribution in [3.8, 4) is 22.9 Å². The number of imidazole rings is 1. The molecule has 202 valence electrons. The summed E-state index contributed by atoms with van der Waals surface area (Å²) >= 11 is 0. The molecule has 0 saturated heterocycles. The van der Waals surface area contributed by atoms with Gasteiger partial charge in [-0.15, -0.1) is 0 Å². The van der Waals surface area contributed by atoms with E-state index >= 15 is 0 Å². The number of fused-ring (bicyclic) bond motifs is 1. The van der Waals surface area contributed by atoms with Crippen molar-refractivity contribution in [1.82, 2.24) is 9.55 Å². The normalized spacial score (nSPS) is 13.1. The molecule has 0 aliphatic heterocycles. The zero-order valence-electron chi connectivity index (χ0n) is 24.8. The van der Waals surface area contributed by atoms with Gasteiger partial charge in [0.2, 0.25) is 16.6 Å². The third-order valence-corrected chi connectivity index (χ3v) is 17.1. The first-order valence-electron chi connectivity index (χ1n) is 13.6. The van der Waals surface area contributed by atoms with E-state index in [1.54, 1.807) is 0 Å². The van der Waals surface area contributed by atoms with E-state index in [0.717, 1.165) is 40.5 Å². The fraction of sp³-hybridized carbons (Fsp3) is 0.406. The van der Waals surface area contributed by atoms with Crippen LogP contribution >= 0.6 is 0 Å². The third-order valence-electron chi connectivity index (χ3n) is 8.39. The predicted octanol–water partition coefficient (Wildman–Crippen LogP) is 9.52. The van der Waals surface area contributed by atoms with E-state index < -0.39 is 16.6 Å². The van der Waals surface area contributed by atoms with Crippen molar-refractivity contribution in [2.45, 2.75) is 84.4 Å². The van der Waals surface area contributed by atoms with E-state index in [0.29, 0.717) is 0 Å². The molecule has 0 saturated carbocycles. The molecule has 0 bridgehead atoms. The number of nitrogens with zero attached hydrogens (tertiary/aromatic N) is 2. The number of hydrogen-bond donors (Lipinski definition) is 0. The SMILES string of the molecule is CC(C)(C)[Si](C)(C)Oc1ccc(Cn2c(-c3ccc(O[Si](C)(C)C(C)(C)C)cc3)nc3ccccc32)cc1. The van der Waals surface area contributed by atoms with Crippen LogP contribution < -0.4 is 8.85 Å². The van der Waals surface area contributed by atoms with Crippen LogP contribution in [0.3, 0.4) is 0 Å². The van der Waals surface area contributed by atoms with Crippen molar-refractivity contribution in [1.29, 1.82) is 0 Å². The van der Waals surface area contributed by atoms with E-state index in [9.17, 15) is 0 Å². The summed E-state index contributed by atoms with van der Waals surface area (Å²) in [6, 6.07) is 25.4. The summed E-state index contributed by atoms with van der Waals surface area (Å²) in [6.07, 6.45) is 0. The van der Waals surface area contributed by atoms with Gasteiger partial charge in [0.05, 0.1) is 11.0 Å². The molecule has 4 rings (SSSR count). The van der Waals surface area contributed by atoms with Crippen molar-refractivity contribution in [2.24, 2.45) is 0 Å². The molecule has 0 unspecified atom stereocenters. The Morgan fingerprint density at radius 3 is 1.63 bits per heavy atom. The highest BCUT2D eigenvalue weighted by Crippen LogP contribution is 2.39. The standard InChI is InChI=1S/C32H44N2O2Si2/c1-31(2,3)37(7,8)35-26-19-15-24(16-20-26)23-34-29-14-12-11-13-28(29)33-30(34)25-17-21-27(22-18-25)36-38(9,10)32(4,5)6/h11-22H,23H2,1-10H3. The van der Waals surface area contributed by atoms with Gasteiger partial charge < -0.3 is 13.4 Å². The van der Waals surface area contributed by atoms with Crippen LogP contribution in [0.2, 0.25) is 36.3 Å². The zero-order valence-corrected chi connectivity index (χ0v) is 26.8. The first kappa shape index (κ1) is 28.2. The van der Waals surface area contributed by atoms with Crippen LogP contribution in [0.25, 0.3) is 22.4 Å². The predicted molar refractivity (Wildman–Crippen MR) is 166 cm³/mol. The van der Waals surface area contributed by atoms with E-state index in [-0.39, 0.29) is 10.1 Å². The summed E-state index contributed by atoms with van der Waals surface area (Å²) in [4.78, 5) is 5.03. The average Bonchev–Trinajstić information content (AvgIpc) is 3.17. The molecule has 0 aliphatic carbocycles. The highest BCUT2D eigenvalue weighted by Gasteiger charge is 2.39. The maximum Gasteiger partial charge on any atom is 0.250 e. The quantitative estimate of drug-likeness (QED) is 0.217. The minimum Gasteiger partial charge on any atom is -0.544 e. The molecular formula is C32H44N2O2Si2. The van der Waals surface area contributed by atoms with Gasteiger partial charge in [0.15, 0.2) is 0 Å². The second-order valence-corrected chi connectivity index (χ2v) is 22.9. The number of rotatable bonds is 7. The Hall–Kier alpha value is -2.84. The first-order valence-corrected chi connectivity index (χ1v) is 19.4. The highest BCUT2D eigenvalue weighted by atomic mass is 28.4. The second-order valence-electron chi connectivity index (χ2n) is 13.4. The van der Waals surface area contributed by atoms with Gasteiger partial charge in [-0.2, -0.15) is 0 Å². The third kappa shape index (κ3) is 5.91. The van der Waals surface area contributed by atoms with Crippen LogP contribution in [0.4, 0.5) is 0 Å². The van der Waals surface area contributed by atoms with E-state index in [1.165, 1.54) is 5.56 Å². The summed E-state index contributed by atoms with van der Waals surface area (Å²) in [6.45, 7) is 23.5. The van der Waals surface area contributed by atoms with Gasteiger partial charge >= 0.3 is 0 Å². The topological polar surface area (TPSA) is 36.3 Å². The lowest BCUT2D eigenvalue weighted by molar-refractivity contribution is 0.492. The maximum atomic E-state index is 6.51. The van der Waals surface area contributed by atoms with E-state index in [4.69, 9.17) is 13.8 Å². The molecule has 4 nitrogen and oxygen atoms in total. The van der Waals surface area contributed by atoms with E-state index in [1.807, 2.05) is 6.07 Å². The van der Waals surface area contributed by atoms with Crippen LogP contribution in [-0.4, -0.2) is 26.2 Å².